The van der Waals surface area contributed by atoms with Gasteiger partial charge >= 0.3 is 5.69 Å². The number of nitrogens with one attached hydrogen (secondary N) is 1. The highest BCUT2D eigenvalue weighted by Crippen LogP contribution is 2.20. The van der Waals surface area contributed by atoms with Crippen LogP contribution in [0, 0.1) is 15.9 Å². The lowest BCUT2D eigenvalue weighted by Gasteiger charge is -2.13. The zero-order chi connectivity index (χ0) is 15.4. The van der Waals surface area contributed by atoms with Gasteiger partial charge in [0.1, 0.15) is 18.2 Å². The maximum absolute atomic E-state index is 13.5. The van der Waals surface area contributed by atoms with E-state index in [1.165, 1.54) is 16.9 Å². The number of hydrogen-bond acceptors (Lipinski definition) is 5. The summed E-state index contributed by atoms with van der Waals surface area (Å²) < 4.78 is 15.5. The normalized spacial score (nSPS) is 12.1. The Labute approximate surface area is 127 Å². The third kappa shape index (κ3) is 4.23. The fraction of sp³-hybridized carbons (Fsp3) is 0.250. The lowest BCUT2D eigenvalue weighted by atomic mass is 10.3. The van der Waals surface area contributed by atoms with E-state index in [2.05, 4.69) is 26.3 Å². The van der Waals surface area contributed by atoms with Gasteiger partial charge in [-0.1, -0.05) is 15.9 Å². The molecule has 9 heteroatoms. The van der Waals surface area contributed by atoms with Crippen LogP contribution in [-0.2, 0) is 6.54 Å². The molecule has 2 aromatic rings. The Hall–Kier alpha value is -2.00. The summed E-state index contributed by atoms with van der Waals surface area (Å²) in [7, 11) is 0. The van der Waals surface area contributed by atoms with Gasteiger partial charge in [0.2, 0.25) is 0 Å². The van der Waals surface area contributed by atoms with E-state index in [-0.39, 0.29) is 24.5 Å². The molecule has 1 aromatic carbocycles. The van der Waals surface area contributed by atoms with Crippen LogP contribution in [-0.4, -0.2) is 32.5 Å². The Morgan fingerprint density at radius 3 is 3.00 bits per heavy atom. The zero-order valence-electron chi connectivity index (χ0n) is 10.7. The highest BCUT2D eigenvalue weighted by Gasteiger charge is 2.12. The van der Waals surface area contributed by atoms with Gasteiger partial charge in [0, 0.05) is 11.0 Å². The van der Waals surface area contributed by atoms with Crippen LogP contribution in [0.15, 0.2) is 35.1 Å². The Morgan fingerprint density at radius 2 is 2.33 bits per heavy atom. The summed E-state index contributed by atoms with van der Waals surface area (Å²) in [6, 6.07) is 4.43. The molecular weight excluding hydrogens is 347 g/mol. The molecule has 2 rings (SSSR count). The minimum Gasteiger partial charge on any atom is -0.389 e. The molecule has 0 aliphatic carbocycles. The van der Waals surface area contributed by atoms with Crippen LogP contribution < -0.4 is 5.32 Å². The minimum absolute atomic E-state index is 0.0659. The third-order valence-corrected chi connectivity index (χ3v) is 3.18. The van der Waals surface area contributed by atoms with Gasteiger partial charge in [-0.15, -0.1) is 0 Å². The molecule has 7 nitrogen and oxygen atoms in total. The molecule has 0 saturated heterocycles. The van der Waals surface area contributed by atoms with E-state index in [0.717, 1.165) is 6.20 Å². The van der Waals surface area contributed by atoms with Crippen molar-refractivity contribution in [3.63, 3.8) is 0 Å². The SMILES string of the molecule is O=[N+]([O-])c1cnn(CC(O)CNc2cc(Br)ccc2F)c1. The maximum atomic E-state index is 13.5. The van der Waals surface area contributed by atoms with Crippen molar-refractivity contribution in [1.82, 2.24) is 9.78 Å². The first-order valence-electron chi connectivity index (χ1n) is 5.99. The monoisotopic (exact) mass is 358 g/mol. The van der Waals surface area contributed by atoms with Crippen molar-refractivity contribution in [2.75, 3.05) is 11.9 Å². The number of hydrogen-bond donors (Lipinski definition) is 2. The van der Waals surface area contributed by atoms with Crippen LogP contribution in [0.5, 0.6) is 0 Å². The average molecular weight is 359 g/mol. The van der Waals surface area contributed by atoms with E-state index < -0.39 is 16.8 Å². The predicted molar refractivity (Wildman–Crippen MR) is 77.5 cm³/mol. The van der Waals surface area contributed by atoms with E-state index >= 15 is 0 Å². The topological polar surface area (TPSA) is 93.2 Å². The molecule has 1 heterocycles. The molecule has 0 radical (unpaired) electrons. The number of aromatic nitrogens is 2. The van der Waals surface area contributed by atoms with Crippen LogP contribution in [0.4, 0.5) is 15.8 Å². The maximum Gasteiger partial charge on any atom is 0.306 e. The standard InChI is InChI=1S/C12H12BrFN4O3/c13-8-1-2-11(14)12(3-8)15-5-10(19)7-17-6-9(4-16-17)18(20)21/h1-4,6,10,15,19H,5,7H2. The van der Waals surface area contributed by atoms with E-state index in [9.17, 15) is 19.6 Å². The highest BCUT2D eigenvalue weighted by atomic mass is 79.9. The van der Waals surface area contributed by atoms with E-state index in [4.69, 9.17) is 0 Å². The van der Waals surface area contributed by atoms with Gasteiger partial charge in [0.05, 0.1) is 23.3 Å². The number of benzene rings is 1. The molecule has 2 N–H and O–H groups in total. The number of nitro groups is 1. The summed E-state index contributed by atoms with van der Waals surface area (Å²) in [5.74, 6) is -0.430. The fourth-order valence-corrected chi connectivity index (χ4v) is 2.05. The van der Waals surface area contributed by atoms with Crippen molar-refractivity contribution in [2.24, 2.45) is 0 Å². The van der Waals surface area contributed by atoms with Crippen LogP contribution in [0.2, 0.25) is 0 Å². The van der Waals surface area contributed by atoms with E-state index in [1.807, 2.05) is 0 Å². The predicted octanol–water partition coefficient (Wildman–Crippen LogP) is 2.17. The smallest absolute Gasteiger partial charge is 0.306 e. The second-order valence-electron chi connectivity index (χ2n) is 4.34. The van der Waals surface area contributed by atoms with Crippen molar-refractivity contribution >= 4 is 27.3 Å². The lowest BCUT2D eigenvalue weighted by molar-refractivity contribution is -0.385. The molecular formula is C12H12BrFN4O3. The molecule has 21 heavy (non-hydrogen) atoms. The van der Waals surface area contributed by atoms with E-state index in [1.54, 1.807) is 12.1 Å². The molecule has 0 aliphatic rings. The van der Waals surface area contributed by atoms with Crippen LogP contribution in [0.1, 0.15) is 0 Å². The Kier molecular flexibility index (Phi) is 4.86. The summed E-state index contributed by atoms with van der Waals surface area (Å²) in [6.07, 6.45) is 1.46. The summed E-state index contributed by atoms with van der Waals surface area (Å²) in [6.45, 7) is 0.150. The van der Waals surface area contributed by atoms with Crippen LogP contribution in [0.25, 0.3) is 0 Å². The van der Waals surface area contributed by atoms with Gasteiger partial charge in [0.15, 0.2) is 0 Å². The number of nitrogens with zero attached hydrogens (tertiary/aromatic N) is 3. The van der Waals surface area contributed by atoms with Crippen molar-refractivity contribution in [1.29, 1.82) is 0 Å². The van der Waals surface area contributed by atoms with Crippen molar-refractivity contribution < 1.29 is 14.4 Å². The summed E-state index contributed by atoms with van der Waals surface area (Å²) in [4.78, 5) is 9.95. The molecule has 1 unspecified atom stereocenters. The fourth-order valence-electron chi connectivity index (χ4n) is 1.69. The molecule has 0 spiro atoms. The number of aliphatic hydroxyl groups is 1. The van der Waals surface area contributed by atoms with Crippen LogP contribution >= 0.6 is 15.9 Å². The number of anilines is 1. The van der Waals surface area contributed by atoms with Gasteiger partial charge in [-0.25, -0.2) is 4.39 Å². The first kappa shape index (κ1) is 15.4. The Balaban J connectivity index is 1.90. The molecule has 0 bridgehead atoms. The minimum atomic E-state index is -0.872. The first-order valence-corrected chi connectivity index (χ1v) is 6.79. The lowest BCUT2D eigenvalue weighted by Crippen LogP contribution is -2.25. The van der Waals surface area contributed by atoms with E-state index in [0.29, 0.717) is 4.47 Å². The quantitative estimate of drug-likeness (QED) is 0.609. The number of aliphatic hydroxyl groups excluding tert-OH is 1. The number of rotatable bonds is 6. The van der Waals surface area contributed by atoms with Gasteiger partial charge in [-0.3, -0.25) is 14.8 Å². The second-order valence-corrected chi connectivity index (χ2v) is 5.25. The average Bonchev–Trinajstić information content (AvgIpc) is 2.88. The number of halogens is 2. The van der Waals surface area contributed by atoms with Crippen molar-refractivity contribution in [2.45, 2.75) is 12.6 Å². The van der Waals surface area contributed by atoms with Gasteiger partial charge in [-0.05, 0) is 18.2 Å². The molecule has 0 saturated carbocycles. The molecule has 0 amide bonds. The van der Waals surface area contributed by atoms with Crippen molar-refractivity contribution in [3.05, 3.63) is 51.0 Å². The molecule has 112 valence electrons. The highest BCUT2D eigenvalue weighted by molar-refractivity contribution is 9.10. The van der Waals surface area contributed by atoms with Crippen LogP contribution in [0.3, 0.4) is 0 Å². The molecule has 1 aromatic heterocycles. The molecule has 1 atom stereocenters. The summed E-state index contributed by atoms with van der Waals surface area (Å²) in [5.41, 5.74) is 0.114. The molecule has 0 fully saturated rings. The Morgan fingerprint density at radius 1 is 1.57 bits per heavy atom. The Bertz CT molecular complexity index is 649. The molecule has 0 aliphatic heterocycles. The second kappa shape index (κ2) is 6.64. The first-order chi connectivity index (χ1) is 9.95. The van der Waals surface area contributed by atoms with Gasteiger partial charge in [-0.2, -0.15) is 5.10 Å². The van der Waals surface area contributed by atoms with Gasteiger partial charge in [0.25, 0.3) is 0 Å². The van der Waals surface area contributed by atoms with Gasteiger partial charge < -0.3 is 10.4 Å². The summed E-state index contributed by atoms with van der Waals surface area (Å²) in [5, 5.41) is 26.9. The van der Waals surface area contributed by atoms with Crippen molar-refractivity contribution in [3.8, 4) is 0 Å². The largest absolute Gasteiger partial charge is 0.389 e. The summed E-state index contributed by atoms with van der Waals surface area (Å²) >= 11 is 3.23. The zero-order valence-corrected chi connectivity index (χ0v) is 12.3. The third-order valence-electron chi connectivity index (χ3n) is 2.68.